The van der Waals surface area contributed by atoms with Gasteiger partial charge >= 0.3 is 12.2 Å². The second-order valence-electron chi connectivity index (χ2n) is 6.83. The van der Waals surface area contributed by atoms with E-state index in [1.54, 1.807) is 0 Å². The van der Waals surface area contributed by atoms with E-state index in [1.807, 2.05) is 0 Å². The first-order chi connectivity index (χ1) is 10.2. The van der Waals surface area contributed by atoms with Crippen molar-refractivity contribution in [2.75, 3.05) is 19.6 Å². The minimum absolute atomic E-state index is 0.0659. The quantitative estimate of drug-likeness (QED) is 0.821. The topological polar surface area (TPSA) is 52.6 Å². The number of hydrogen-bond donors (Lipinski definition) is 2. The number of likely N-dealkylation sites (tertiary alicyclic amines) is 1. The molecule has 0 aromatic heterocycles. The molecular formula is C15H25F3N2O2. The number of rotatable bonds is 2. The zero-order valence-corrected chi connectivity index (χ0v) is 13.0. The number of aliphatic hydroxyl groups is 1. The van der Waals surface area contributed by atoms with E-state index in [1.165, 1.54) is 17.7 Å². The minimum Gasteiger partial charge on any atom is -0.380 e. The van der Waals surface area contributed by atoms with Crippen molar-refractivity contribution in [3.63, 3.8) is 0 Å². The molecule has 1 aliphatic heterocycles. The number of piperidine rings is 1. The standard InChI is InChI=1S/C15H25F3N2O2/c1-11-2-4-12(5-3-11)10-19-13(21)20-8-6-14(22,7-9-20)15(16,17)18/h11-12,22H,2-10H2,1H3,(H,19,21). The first-order valence-corrected chi connectivity index (χ1v) is 8.03. The molecule has 128 valence electrons. The number of halogens is 3. The van der Waals surface area contributed by atoms with E-state index >= 15 is 0 Å². The van der Waals surface area contributed by atoms with Crippen molar-refractivity contribution in [3.8, 4) is 0 Å². The molecular weight excluding hydrogens is 297 g/mol. The Labute approximate surface area is 129 Å². The maximum Gasteiger partial charge on any atom is 0.417 e. The lowest BCUT2D eigenvalue weighted by Gasteiger charge is -2.39. The summed E-state index contributed by atoms with van der Waals surface area (Å²) in [4.78, 5) is 13.4. The van der Waals surface area contributed by atoms with Gasteiger partial charge in [0.05, 0.1) is 0 Å². The summed E-state index contributed by atoms with van der Waals surface area (Å²) in [7, 11) is 0. The van der Waals surface area contributed by atoms with Gasteiger partial charge in [-0.15, -0.1) is 0 Å². The highest BCUT2D eigenvalue weighted by Gasteiger charge is 2.54. The van der Waals surface area contributed by atoms with Gasteiger partial charge in [-0.05, 0) is 24.7 Å². The van der Waals surface area contributed by atoms with Crippen LogP contribution in [0, 0.1) is 11.8 Å². The summed E-state index contributed by atoms with van der Waals surface area (Å²) in [6.45, 7) is 2.68. The highest BCUT2D eigenvalue weighted by atomic mass is 19.4. The number of hydrogen-bond acceptors (Lipinski definition) is 2. The van der Waals surface area contributed by atoms with Gasteiger partial charge in [-0.2, -0.15) is 13.2 Å². The predicted octanol–water partition coefficient (Wildman–Crippen LogP) is 2.91. The van der Waals surface area contributed by atoms with Crippen LogP contribution in [0.2, 0.25) is 0 Å². The average Bonchev–Trinajstić information content (AvgIpc) is 2.46. The van der Waals surface area contributed by atoms with Gasteiger partial charge in [0.1, 0.15) is 0 Å². The van der Waals surface area contributed by atoms with Gasteiger partial charge in [-0.3, -0.25) is 0 Å². The summed E-state index contributed by atoms with van der Waals surface area (Å²) in [6.07, 6.45) is -1.01. The molecule has 0 spiro atoms. The summed E-state index contributed by atoms with van der Waals surface area (Å²) < 4.78 is 38.1. The van der Waals surface area contributed by atoms with E-state index in [0.717, 1.165) is 18.8 Å². The van der Waals surface area contributed by atoms with Crippen LogP contribution < -0.4 is 5.32 Å². The van der Waals surface area contributed by atoms with Crippen LogP contribution in [-0.2, 0) is 0 Å². The van der Waals surface area contributed by atoms with Gasteiger partial charge in [0.2, 0.25) is 0 Å². The van der Waals surface area contributed by atoms with E-state index in [4.69, 9.17) is 0 Å². The van der Waals surface area contributed by atoms with Crippen molar-refractivity contribution >= 4 is 6.03 Å². The Bertz CT molecular complexity index is 385. The highest BCUT2D eigenvalue weighted by molar-refractivity contribution is 5.74. The SMILES string of the molecule is CC1CCC(CNC(=O)N2CCC(O)(C(F)(F)F)CC2)CC1. The molecule has 0 atom stereocenters. The summed E-state index contributed by atoms with van der Waals surface area (Å²) in [6, 6.07) is -0.317. The molecule has 1 saturated heterocycles. The second-order valence-corrected chi connectivity index (χ2v) is 6.83. The van der Waals surface area contributed by atoms with Crippen LogP contribution in [0.15, 0.2) is 0 Å². The second kappa shape index (κ2) is 6.64. The summed E-state index contributed by atoms with van der Waals surface area (Å²) in [5, 5.41) is 12.4. The molecule has 0 unspecified atom stereocenters. The molecule has 1 heterocycles. The lowest BCUT2D eigenvalue weighted by atomic mass is 9.83. The Morgan fingerprint density at radius 2 is 1.77 bits per heavy atom. The van der Waals surface area contributed by atoms with Crippen LogP contribution in [0.5, 0.6) is 0 Å². The molecule has 22 heavy (non-hydrogen) atoms. The third kappa shape index (κ3) is 4.06. The Morgan fingerprint density at radius 3 is 2.27 bits per heavy atom. The maximum absolute atomic E-state index is 12.7. The molecule has 2 amide bonds. The van der Waals surface area contributed by atoms with Gasteiger partial charge in [-0.1, -0.05) is 19.8 Å². The zero-order chi connectivity index (χ0) is 16.4. The van der Waals surface area contributed by atoms with Crippen LogP contribution in [-0.4, -0.2) is 47.4 Å². The normalized spacial score (nSPS) is 29.2. The van der Waals surface area contributed by atoms with E-state index in [-0.39, 0.29) is 19.1 Å². The fourth-order valence-electron chi connectivity index (χ4n) is 3.24. The number of amides is 2. The van der Waals surface area contributed by atoms with Crippen molar-refractivity contribution in [1.82, 2.24) is 10.2 Å². The van der Waals surface area contributed by atoms with Crippen LogP contribution in [0.25, 0.3) is 0 Å². The third-order valence-electron chi connectivity index (χ3n) is 5.08. The maximum atomic E-state index is 12.7. The van der Waals surface area contributed by atoms with E-state index < -0.39 is 24.6 Å². The Morgan fingerprint density at radius 1 is 1.23 bits per heavy atom. The predicted molar refractivity (Wildman–Crippen MR) is 76.3 cm³/mol. The summed E-state index contributed by atoms with van der Waals surface area (Å²) in [5.74, 6) is 1.21. The third-order valence-corrected chi connectivity index (χ3v) is 5.08. The largest absolute Gasteiger partial charge is 0.417 e. The molecule has 2 aliphatic rings. The van der Waals surface area contributed by atoms with Gasteiger partial charge in [0, 0.05) is 32.5 Å². The zero-order valence-electron chi connectivity index (χ0n) is 13.0. The molecule has 0 bridgehead atoms. The lowest BCUT2D eigenvalue weighted by molar-refractivity contribution is -0.271. The van der Waals surface area contributed by atoms with Crippen molar-refractivity contribution in [3.05, 3.63) is 0 Å². The van der Waals surface area contributed by atoms with Crippen molar-refractivity contribution in [2.24, 2.45) is 11.8 Å². The first-order valence-electron chi connectivity index (χ1n) is 8.03. The van der Waals surface area contributed by atoms with Gasteiger partial charge < -0.3 is 15.3 Å². The van der Waals surface area contributed by atoms with Gasteiger partial charge in [0.15, 0.2) is 5.60 Å². The van der Waals surface area contributed by atoms with Crippen LogP contribution in [0.1, 0.15) is 45.4 Å². The van der Waals surface area contributed by atoms with E-state index in [0.29, 0.717) is 12.5 Å². The number of urea groups is 1. The number of carbonyl (C=O) groups excluding carboxylic acids is 1. The number of nitrogens with zero attached hydrogens (tertiary/aromatic N) is 1. The number of nitrogens with one attached hydrogen (secondary N) is 1. The van der Waals surface area contributed by atoms with Crippen LogP contribution in [0.4, 0.5) is 18.0 Å². The Hall–Kier alpha value is -0.980. The Kier molecular flexibility index (Phi) is 5.25. The molecule has 1 saturated carbocycles. The van der Waals surface area contributed by atoms with E-state index in [9.17, 15) is 23.1 Å². The number of carbonyl (C=O) groups is 1. The molecule has 4 nitrogen and oxygen atoms in total. The molecule has 7 heteroatoms. The summed E-state index contributed by atoms with van der Waals surface area (Å²) >= 11 is 0. The molecule has 0 radical (unpaired) electrons. The molecule has 2 rings (SSSR count). The fourth-order valence-corrected chi connectivity index (χ4v) is 3.24. The fraction of sp³-hybridized carbons (Fsp3) is 0.933. The van der Waals surface area contributed by atoms with Gasteiger partial charge in [-0.25, -0.2) is 4.79 Å². The van der Waals surface area contributed by atoms with Crippen LogP contribution >= 0.6 is 0 Å². The molecule has 2 N–H and O–H groups in total. The monoisotopic (exact) mass is 322 g/mol. The smallest absolute Gasteiger partial charge is 0.380 e. The van der Waals surface area contributed by atoms with Crippen LogP contribution in [0.3, 0.4) is 0 Å². The first kappa shape index (κ1) is 17.4. The molecule has 1 aliphatic carbocycles. The lowest BCUT2D eigenvalue weighted by Crippen LogP contribution is -2.56. The number of alkyl halides is 3. The summed E-state index contributed by atoms with van der Waals surface area (Å²) in [5.41, 5.74) is -2.65. The van der Waals surface area contributed by atoms with Crippen molar-refractivity contribution in [2.45, 2.75) is 57.2 Å². The van der Waals surface area contributed by atoms with Gasteiger partial charge in [0.25, 0.3) is 0 Å². The Balaban J connectivity index is 1.74. The highest BCUT2D eigenvalue weighted by Crippen LogP contribution is 2.38. The molecule has 0 aromatic carbocycles. The van der Waals surface area contributed by atoms with E-state index in [2.05, 4.69) is 12.2 Å². The average molecular weight is 322 g/mol. The minimum atomic E-state index is -4.63. The molecule has 2 fully saturated rings. The van der Waals surface area contributed by atoms with Crippen molar-refractivity contribution < 1.29 is 23.1 Å². The van der Waals surface area contributed by atoms with Crippen molar-refractivity contribution in [1.29, 1.82) is 0 Å². The molecule has 0 aromatic rings.